The van der Waals surface area contributed by atoms with E-state index < -0.39 is 0 Å². The van der Waals surface area contributed by atoms with Gasteiger partial charge in [-0.2, -0.15) is 0 Å². The summed E-state index contributed by atoms with van der Waals surface area (Å²) in [5, 5.41) is 1.84. The SMILES string of the molecule is CC1=C(C)C(=O)C(CCCOc2ccc(C=C3SC(=O)NC3=O)cc2)=C(C)C1=O.[NaH]. The average molecular weight is 435 g/mol. The summed E-state index contributed by atoms with van der Waals surface area (Å²) in [6, 6.07) is 7.15. The second-order valence-electron chi connectivity index (χ2n) is 6.89. The van der Waals surface area contributed by atoms with Crippen LogP contribution in [0.1, 0.15) is 39.2 Å². The van der Waals surface area contributed by atoms with Crippen LogP contribution in [0.4, 0.5) is 4.79 Å². The molecule has 1 aromatic carbocycles. The molecule has 30 heavy (non-hydrogen) atoms. The Hall–Kier alpha value is -1.93. The zero-order valence-corrected chi connectivity index (χ0v) is 17.3. The van der Waals surface area contributed by atoms with Gasteiger partial charge in [-0.15, -0.1) is 0 Å². The first kappa shape index (κ1) is 24.3. The molecule has 0 unspecified atom stereocenters. The van der Waals surface area contributed by atoms with Gasteiger partial charge < -0.3 is 4.74 Å². The van der Waals surface area contributed by atoms with E-state index in [1.54, 1.807) is 51.1 Å². The van der Waals surface area contributed by atoms with Gasteiger partial charge in [0.05, 0.1) is 11.5 Å². The molecule has 1 aliphatic heterocycles. The fourth-order valence-corrected chi connectivity index (χ4v) is 3.81. The topological polar surface area (TPSA) is 89.5 Å². The van der Waals surface area contributed by atoms with Crippen molar-refractivity contribution in [1.29, 1.82) is 0 Å². The fraction of sp³-hybridized carbons (Fsp3) is 0.273. The van der Waals surface area contributed by atoms with E-state index in [-0.39, 0.29) is 52.3 Å². The zero-order valence-electron chi connectivity index (χ0n) is 16.5. The maximum absolute atomic E-state index is 12.4. The number of benzene rings is 1. The van der Waals surface area contributed by atoms with Crippen LogP contribution in [0.5, 0.6) is 5.75 Å². The van der Waals surface area contributed by atoms with Crippen molar-refractivity contribution in [3.05, 3.63) is 57.0 Å². The molecule has 0 aromatic heterocycles. The first-order valence-electron chi connectivity index (χ1n) is 9.22. The molecule has 6 nitrogen and oxygen atoms in total. The fourth-order valence-electron chi connectivity index (χ4n) is 3.13. The van der Waals surface area contributed by atoms with Crippen LogP contribution in [0.3, 0.4) is 0 Å². The van der Waals surface area contributed by atoms with Gasteiger partial charge >= 0.3 is 29.6 Å². The average Bonchev–Trinajstić information content (AvgIpc) is 3.02. The van der Waals surface area contributed by atoms with Crippen LogP contribution in [0, 0.1) is 0 Å². The number of hydrogen-bond donors (Lipinski definition) is 1. The summed E-state index contributed by atoms with van der Waals surface area (Å²) >= 11 is 0.875. The minimum atomic E-state index is -0.388. The number of hydrogen-bond acceptors (Lipinski definition) is 6. The Morgan fingerprint density at radius 1 is 0.933 bits per heavy atom. The van der Waals surface area contributed by atoms with E-state index in [2.05, 4.69) is 5.32 Å². The monoisotopic (exact) mass is 435 g/mol. The Balaban J connectivity index is 0.00000320. The molecule has 1 fully saturated rings. The molecule has 3 rings (SSSR count). The molecule has 0 atom stereocenters. The van der Waals surface area contributed by atoms with Crippen molar-refractivity contribution in [3.63, 3.8) is 0 Å². The van der Waals surface area contributed by atoms with E-state index in [4.69, 9.17) is 4.74 Å². The number of ether oxygens (including phenoxy) is 1. The van der Waals surface area contributed by atoms with Crippen LogP contribution in [0.15, 0.2) is 51.5 Å². The third kappa shape index (κ3) is 5.40. The molecule has 8 heteroatoms. The van der Waals surface area contributed by atoms with E-state index in [1.807, 2.05) is 0 Å². The third-order valence-electron chi connectivity index (χ3n) is 4.97. The summed E-state index contributed by atoms with van der Waals surface area (Å²) in [4.78, 5) is 47.7. The van der Waals surface area contributed by atoms with E-state index in [1.165, 1.54) is 0 Å². The first-order chi connectivity index (χ1) is 13.8. The third-order valence-corrected chi connectivity index (χ3v) is 5.78. The van der Waals surface area contributed by atoms with Gasteiger partial charge in [-0.1, -0.05) is 12.1 Å². The molecule has 1 aliphatic carbocycles. The number of rotatable bonds is 6. The number of nitrogens with one attached hydrogen (secondary N) is 1. The van der Waals surface area contributed by atoms with E-state index in [0.29, 0.717) is 52.4 Å². The molecule has 0 saturated carbocycles. The van der Waals surface area contributed by atoms with Gasteiger partial charge in [0.15, 0.2) is 11.6 Å². The van der Waals surface area contributed by atoms with Crippen LogP contribution in [-0.4, -0.2) is 58.9 Å². The summed E-state index contributed by atoms with van der Waals surface area (Å²) < 4.78 is 5.72. The van der Waals surface area contributed by atoms with Crippen LogP contribution < -0.4 is 10.1 Å². The van der Waals surface area contributed by atoms with Crippen molar-refractivity contribution in [2.75, 3.05) is 6.61 Å². The second kappa shape index (κ2) is 10.4. The van der Waals surface area contributed by atoms with Gasteiger partial charge in [0, 0.05) is 22.3 Å². The molecular formula is C22H22NNaO5S. The Kier molecular flexibility index (Phi) is 8.43. The molecule has 0 spiro atoms. The van der Waals surface area contributed by atoms with Gasteiger partial charge in [0.25, 0.3) is 11.1 Å². The predicted octanol–water partition coefficient (Wildman–Crippen LogP) is 3.33. The van der Waals surface area contributed by atoms with Gasteiger partial charge in [-0.05, 0) is 69.1 Å². The van der Waals surface area contributed by atoms with Gasteiger partial charge in [0.2, 0.25) is 0 Å². The van der Waals surface area contributed by atoms with E-state index in [0.717, 1.165) is 17.3 Å². The number of imide groups is 1. The summed E-state index contributed by atoms with van der Waals surface area (Å²) in [5.74, 6) is 0.166. The summed E-state index contributed by atoms with van der Waals surface area (Å²) in [6.07, 6.45) is 2.75. The van der Waals surface area contributed by atoms with E-state index >= 15 is 0 Å². The molecule has 2 aliphatic rings. The number of amides is 2. The minimum absolute atomic E-state index is 0. The second-order valence-corrected chi connectivity index (χ2v) is 7.90. The number of Topliss-reactive ketones (excluding diaryl/α,β-unsaturated/α-hetero) is 2. The van der Waals surface area contributed by atoms with Gasteiger partial charge in [-0.3, -0.25) is 24.5 Å². The van der Waals surface area contributed by atoms with Crippen molar-refractivity contribution >= 4 is 70.1 Å². The maximum atomic E-state index is 12.4. The summed E-state index contributed by atoms with van der Waals surface area (Å²) in [7, 11) is 0. The molecule has 1 N–H and O–H groups in total. The standard InChI is InChI=1S/C22H21NO5S.Na.H/c1-12-13(2)20(25)17(14(3)19(12)24)5-4-10-28-16-8-6-15(7-9-16)11-18-21(26)23-22(27)29-18;;/h6-9,11H,4-5,10H2,1-3H3,(H,23,26,27);;. The van der Waals surface area contributed by atoms with Crippen LogP contribution in [0.25, 0.3) is 6.08 Å². The Bertz CT molecular complexity index is 1000. The van der Waals surface area contributed by atoms with Crippen molar-refractivity contribution in [2.45, 2.75) is 33.6 Å². The van der Waals surface area contributed by atoms with Crippen molar-refractivity contribution in [1.82, 2.24) is 5.32 Å². The molecule has 152 valence electrons. The van der Waals surface area contributed by atoms with Crippen molar-refractivity contribution < 1.29 is 23.9 Å². The number of thioether (sulfide) groups is 1. The number of ketones is 2. The molecule has 0 radical (unpaired) electrons. The molecule has 0 bridgehead atoms. The van der Waals surface area contributed by atoms with Crippen molar-refractivity contribution in [3.8, 4) is 5.75 Å². The molecule has 1 aromatic rings. The van der Waals surface area contributed by atoms with Crippen LogP contribution in [-0.2, 0) is 14.4 Å². The quantitative estimate of drug-likeness (QED) is 0.319. The Morgan fingerprint density at radius 3 is 2.17 bits per heavy atom. The normalized spacial score (nSPS) is 18.2. The van der Waals surface area contributed by atoms with Gasteiger partial charge in [-0.25, -0.2) is 0 Å². The summed E-state index contributed by atoms with van der Waals surface area (Å²) in [6.45, 7) is 5.50. The molecular weight excluding hydrogens is 413 g/mol. The van der Waals surface area contributed by atoms with Crippen molar-refractivity contribution in [2.24, 2.45) is 0 Å². The number of carbonyl (C=O) groups is 4. The Labute approximate surface area is 201 Å². The Morgan fingerprint density at radius 2 is 1.57 bits per heavy atom. The van der Waals surface area contributed by atoms with Gasteiger partial charge in [0.1, 0.15) is 5.75 Å². The number of allylic oxidation sites excluding steroid dienone is 4. The molecule has 1 heterocycles. The van der Waals surface area contributed by atoms with Crippen LogP contribution >= 0.6 is 11.8 Å². The number of carbonyl (C=O) groups excluding carboxylic acids is 4. The summed E-state index contributed by atoms with van der Waals surface area (Å²) in [5.41, 5.74) is 2.94. The van der Waals surface area contributed by atoms with E-state index in [9.17, 15) is 19.2 Å². The zero-order chi connectivity index (χ0) is 21.1. The molecule has 1 saturated heterocycles. The predicted molar refractivity (Wildman–Crippen MR) is 119 cm³/mol. The molecule has 2 amide bonds. The first-order valence-corrected chi connectivity index (χ1v) is 10.0. The van der Waals surface area contributed by atoms with Crippen LogP contribution in [0.2, 0.25) is 0 Å².